The van der Waals surface area contributed by atoms with Crippen molar-refractivity contribution in [3.8, 4) is 0 Å². The largest absolute Gasteiger partial charge is 0.311 e. The van der Waals surface area contributed by atoms with Crippen molar-refractivity contribution < 1.29 is 0 Å². The van der Waals surface area contributed by atoms with Crippen LogP contribution in [0.4, 0.5) is 5.69 Å². The van der Waals surface area contributed by atoms with Gasteiger partial charge in [0.1, 0.15) is 0 Å². The molecule has 2 heteroatoms. The molecule has 72 valence electrons. The van der Waals surface area contributed by atoms with Gasteiger partial charge in [-0.2, -0.15) is 0 Å². The van der Waals surface area contributed by atoms with Crippen molar-refractivity contribution in [2.24, 2.45) is 0 Å². The molecule has 0 aliphatic heterocycles. The second kappa shape index (κ2) is 4.87. The fourth-order valence-electron chi connectivity index (χ4n) is 1.30. The number of anilines is 1. The fourth-order valence-corrected chi connectivity index (χ4v) is 1.30. The van der Waals surface area contributed by atoms with Crippen LogP contribution in [0.3, 0.4) is 0 Å². The Hall–Kier alpha value is -1.02. The third-order valence-corrected chi connectivity index (χ3v) is 2.08. The molecule has 1 aromatic rings. The van der Waals surface area contributed by atoms with Crippen molar-refractivity contribution in [2.45, 2.75) is 20.3 Å². The molecule has 0 aromatic heterocycles. The fraction of sp³-hybridized carbons (Fsp3) is 0.455. The van der Waals surface area contributed by atoms with Crippen LogP contribution in [-0.2, 0) is 0 Å². The van der Waals surface area contributed by atoms with E-state index in [0.717, 1.165) is 13.0 Å². The average molecular weight is 178 g/mol. The van der Waals surface area contributed by atoms with Crippen molar-refractivity contribution in [1.29, 1.82) is 0 Å². The molecule has 0 amide bonds. The second-order valence-electron chi connectivity index (χ2n) is 3.25. The SMILES string of the molecule is CCCNN(C)c1ccccc1C. The summed E-state index contributed by atoms with van der Waals surface area (Å²) in [5.74, 6) is 0. The van der Waals surface area contributed by atoms with Gasteiger partial charge in [0.25, 0.3) is 0 Å². The van der Waals surface area contributed by atoms with Gasteiger partial charge in [-0.05, 0) is 25.0 Å². The Balaban J connectivity index is 2.65. The molecule has 0 aliphatic carbocycles. The quantitative estimate of drug-likeness (QED) is 0.712. The normalized spacial score (nSPS) is 10.1. The molecular weight excluding hydrogens is 160 g/mol. The second-order valence-corrected chi connectivity index (χ2v) is 3.25. The van der Waals surface area contributed by atoms with Gasteiger partial charge in [0.15, 0.2) is 0 Å². The minimum atomic E-state index is 1.02. The molecule has 0 aliphatic rings. The summed E-state index contributed by atoms with van der Waals surface area (Å²) < 4.78 is 0. The Morgan fingerprint density at radius 1 is 1.31 bits per heavy atom. The predicted molar refractivity (Wildman–Crippen MR) is 57.9 cm³/mol. The van der Waals surface area contributed by atoms with Gasteiger partial charge in [-0.15, -0.1) is 0 Å². The van der Waals surface area contributed by atoms with Crippen molar-refractivity contribution >= 4 is 5.69 Å². The molecular formula is C11H18N2. The highest BCUT2D eigenvalue weighted by molar-refractivity contribution is 5.51. The van der Waals surface area contributed by atoms with Crippen molar-refractivity contribution in [3.05, 3.63) is 29.8 Å². The average Bonchev–Trinajstić information content (AvgIpc) is 2.15. The number of hydrazine groups is 1. The van der Waals surface area contributed by atoms with E-state index in [2.05, 4.69) is 55.6 Å². The van der Waals surface area contributed by atoms with Crippen LogP contribution in [0.5, 0.6) is 0 Å². The van der Waals surface area contributed by atoms with Crippen molar-refractivity contribution in [1.82, 2.24) is 5.43 Å². The molecule has 0 unspecified atom stereocenters. The monoisotopic (exact) mass is 178 g/mol. The molecule has 1 N–H and O–H groups in total. The third-order valence-electron chi connectivity index (χ3n) is 2.08. The minimum absolute atomic E-state index is 1.02. The summed E-state index contributed by atoms with van der Waals surface area (Å²) in [6.45, 7) is 5.31. The van der Waals surface area contributed by atoms with Gasteiger partial charge in [-0.1, -0.05) is 25.1 Å². The van der Waals surface area contributed by atoms with Crippen LogP contribution in [-0.4, -0.2) is 13.6 Å². The lowest BCUT2D eigenvalue weighted by molar-refractivity contribution is 0.662. The highest BCUT2D eigenvalue weighted by atomic mass is 15.5. The van der Waals surface area contributed by atoms with Gasteiger partial charge in [-0.25, -0.2) is 5.43 Å². The molecule has 0 saturated carbocycles. The standard InChI is InChI=1S/C11H18N2/c1-4-9-12-13(3)11-8-6-5-7-10(11)2/h5-8,12H,4,9H2,1-3H3. The zero-order chi connectivity index (χ0) is 9.68. The zero-order valence-corrected chi connectivity index (χ0v) is 8.67. The molecule has 13 heavy (non-hydrogen) atoms. The van der Waals surface area contributed by atoms with E-state index < -0.39 is 0 Å². The van der Waals surface area contributed by atoms with E-state index in [-0.39, 0.29) is 0 Å². The number of rotatable bonds is 4. The maximum Gasteiger partial charge on any atom is 0.0545 e. The first-order valence-corrected chi connectivity index (χ1v) is 4.78. The summed E-state index contributed by atoms with van der Waals surface area (Å²) in [4.78, 5) is 0. The Bertz CT molecular complexity index is 258. The summed E-state index contributed by atoms with van der Waals surface area (Å²) in [6, 6.07) is 8.37. The van der Waals surface area contributed by atoms with E-state index in [1.54, 1.807) is 0 Å². The summed E-state index contributed by atoms with van der Waals surface area (Å²) in [5.41, 5.74) is 5.87. The van der Waals surface area contributed by atoms with Crippen LogP contribution in [0.2, 0.25) is 0 Å². The van der Waals surface area contributed by atoms with E-state index in [0.29, 0.717) is 0 Å². The highest BCUT2D eigenvalue weighted by Crippen LogP contribution is 2.15. The predicted octanol–water partition coefficient (Wildman–Crippen LogP) is 2.35. The number of aryl methyl sites for hydroxylation is 1. The van der Waals surface area contributed by atoms with E-state index in [1.165, 1.54) is 11.3 Å². The Kier molecular flexibility index (Phi) is 3.77. The van der Waals surface area contributed by atoms with E-state index in [9.17, 15) is 0 Å². The number of para-hydroxylation sites is 1. The van der Waals surface area contributed by atoms with Crippen LogP contribution in [0.15, 0.2) is 24.3 Å². The first kappa shape index (κ1) is 10.1. The lowest BCUT2D eigenvalue weighted by Crippen LogP contribution is -2.35. The van der Waals surface area contributed by atoms with Crippen LogP contribution < -0.4 is 10.4 Å². The first-order valence-electron chi connectivity index (χ1n) is 4.78. The summed E-state index contributed by atoms with van der Waals surface area (Å²) in [7, 11) is 2.05. The smallest absolute Gasteiger partial charge is 0.0545 e. The Labute approximate surface area is 80.5 Å². The van der Waals surface area contributed by atoms with Gasteiger partial charge < -0.3 is 5.01 Å². The van der Waals surface area contributed by atoms with Crippen LogP contribution in [0, 0.1) is 6.92 Å². The Morgan fingerprint density at radius 2 is 2.00 bits per heavy atom. The maximum absolute atomic E-state index is 3.32. The van der Waals surface area contributed by atoms with E-state index >= 15 is 0 Å². The lowest BCUT2D eigenvalue weighted by atomic mass is 10.2. The molecule has 0 heterocycles. The maximum atomic E-state index is 3.32. The van der Waals surface area contributed by atoms with Gasteiger partial charge in [0.2, 0.25) is 0 Å². The third kappa shape index (κ3) is 2.74. The molecule has 0 fully saturated rings. The van der Waals surface area contributed by atoms with Gasteiger partial charge in [0, 0.05) is 13.6 Å². The molecule has 1 aromatic carbocycles. The number of nitrogens with zero attached hydrogens (tertiary/aromatic N) is 1. The van der Waals surface area contributed by atoms with Gasteiger partial charge in [0.05, 0.1) is 5.69 Å². The van der Waals surface area contributed by atoms with Crippen molar-refractivity contribution in [2.75, 3.05) is 18.6 Å². The zero-order valence-electron chi connectivity index (χ0n) is 8.67. The topological polar surface area (TPSA) is 15.3 Å². The van der Waals surface area contributed by atoms with E-state index in [1.807, 2.05) is 0 Å². The lowest BCUT2D eigenvalue weighted by Gasteiger charge is -2.21. The minimum Gasteiger partial charge on any atom is -0.311 e. The van der Waals surface area contributed by atoms with Gasteiger partial charge >= 0.3 is 0 Å². The molecule has 1 rings (SSSR count). The summed E-state index contributed by atoms with van der Waals surface area (Å²) in [6.07, 6.45) is 1.15. The molecule has 0 saturated heterocycles. The first-order chi connectivity index (χ1) is 6.25. The van der Waals surface area contributed by atoms with Crippen LogP contribution in [0.25, 0.3) is 0 Å². The van der Waals surface area contributed by atoms with Gasteiger partial charge in [-0.3, -0.25) is 0 Å². The van der Waals surface area contributed by atoms with E-state index in [4.69, 9.17) is 0 Å². The summed E-state index contributed by atoms with van der Waals surface area (Å²) >= 11 is 0. The van der Waals surface area contributed by atoms with Crippen LogP contribution >= 0.6 is 0 Å². The molecule has 0 radical (unpaired) electrons. The van der Waals surface area contributed by atoms with Crippen molar-refractivity contribution in [3.63, 3.8) is 0 Å². The highest BCUT2D eigenvalue weighted by Gasteiger charge is 2.00. The molecule has 0 bridgehead atoms. The number of nitrogens with one attached hydrogen (secondary N) is 1. The molecule has 0 atom stereocenters. The number of benzene rings is 1. The van der Waals surface area contributed by atoms with Crippen LogP contribution in [0.1, 0.15) is 18.9 Å². The molecule has 2 nitrogen and oxygen atoms in total. The number of hydrogen-bond acceptors (Lipinski definition) is 2. The summed E-state index contributed by atoms with van der Waals surface area (Å²) in [5, 5.41) is 2.08. The number of hydrogen-bond donors (Lipinski definition) is 1. The molecule has 0 spiro atoms. The Morgan fingerprint density at radius 3 is 2.62 bits per heavy atom.